The third-order valence-electron chi connectivity index (χ3n) is 5.64. The Morgan fingerprint density at radius 1 is 1.12 bits per heavy atom. The minimum atomic E-state index is 0.229. The summed E-state index contributed by atoms with van der Waals surface area (Å²) < 4.78 is 6.09. The maximum atomic E-state index is 6.09. The van der Waals surface area contributed by atoms with Crippen molar-refractivity contribution < 1.29 is 4.74 Å². The van der Waals surface area contributed by atoms with Gasteiger partial charge in [0.15, 0.2) is 0 Å². The van der Waals surface area contributed by atoms with Crippen molar-refractivity contribution in [1.29, 1.82) is 0 Å². The van der Waals surface area contributed by atoms with Gasteiger partial charge in [-0.05, 0) is 36.1 Å². The van der Waals surface area contributed by atoms with Crippen molar-refractivity contribution in [2.24, 2.45) is 0 Å². The van der Waals surface area contributed by atoms with E-state index in [9.17, 15) is 0 Å². The number of hydrogen-bond donors (Lipinski definition) is 0. The quantitative estimate of drug-likeness (QED) is 0.857. The first-order chi connectivity index (χ1) is 12.3. The molecule has 4 rings (SSSR count). The van der Waals surface area contributed by atoms with E-state index in [1.54, 1.807) is 0 Å². The lowest BCUT2D eigenvalue weighted by atomic mass is 9.97. The lowest BCUT2D eigenvalue weighted by molar-refractivity contribution is 0.000931. The van der Waals surface area contributed by atoms with Crippen LogP contribution in [0.3, 0.4) is 0 Å². The van der Waals surface area contributed by atoms with Crippen molar-refractivity contribution in [1.82, 2.24) is 14.8 Å². The molecule has 2 aliphatic rings. The fourth-order valence-corrected chi connectivity index (χ4v) is 4.03. The van der Waals surface area contributed by atoms with Crippen LogP contribution in [0.5, 0.6) is 0 Å². The zero-order chi connectivity index (χ0) is 17.1. The van der Waals surface area contributed by atoms with Crippen LogP contribution in [-0.2, 0) is 11.2 Å². The number of rotatable bonds is 4. The highest BCUT2D eigenvalue weighted by atomic mass is 16.5. The van der Waals surface area contributed by atoms with Gasteiger partial charge in [-0.2, -0.15) is 0 Å². The topological polar surface area (TPSA) is 28.6 Å². The van der Waals surface area contributed by atoms with Gasteiger partial charge < -0.3 is 4.74 Å². The van der Waals surface area contributed by atoms with Crippen molar-refractivity contribution in [3.8, 4) is 0 Å². The van der Waals surface area contributed by atoms with E-state index < -0.39 is 0 Å². The van der Waals surface area contributed by atoms with Crippen molar-refractivity contribution in [2.45, 2.75) is 25.5 Å². The fraction of sp³-hybridized carbons (Fsp3) is 0.476. The van der Waals surface area contributed by atoms with Gasteiger partial charge in [0.25, 0.3) is 0 Å². The highest BCUT2D eigenvalue weighted by Gasteiger charge is 2.26. The summed E-state index contributed by atoms with van der Waals surface area (Å²) in [6, 6.07) is 13.4. The van der Waals surface area contributed by atoms with Crippen LogP contribution in [0.15, 0.2) is 48.8 Å². The van der Waals surface area contributed by atoms with Crippen molar-refractivity contribution in [2.75, 3.05) is 39.3 Å². The molecule has 0 spiro atoms. The molecule has 0 saturated carbocycles. The molecule has 1 aromatic heterocycles. The number of aromatic nitrogens is 1. The van der Waals surface area contributed by atoms with Crippen LogP contribution in [0.2, 0.25) is 0 Å². The van der Waals surface area contributed by atoms with E-state index in [1.807, 2.05) is 18.5 Å². The molecule has 1 saturated heterocycles. The average molecular weight is 337 g/mol. The highest BCUT2D eigenvalue weighted by Crippen LogP contribution is 2.28. The Morgan fingerprint density at radius 2 is 1.96 bits per heavy atom. The maximum absolute atomic E-state index is 6.09. The van der Waals surface area contributed by atoms with Crippen LogP contribution in [0.1, 0.15) is 35.8 Å². The van der Waals surface area contributed by atoms with Gasteiger partial charge in [0, 0.05) is 51.2 Å². The first-order valence-electron chi connectivity index (χ1n) is 9.37. The normalized spacial score (nSPS) is 23.2. The van der Waals surface area contributed by atoms with Crippen LogP contribution in [0.25, 0.3) is 0 Å². The summed E-state index contributed by atoms with van der Waals surface area (Å²) in [7, 11) is 0. The summed E-state index contributed by atoms with van der Waals surface area (Å²) in [5.41, 5.74) is 4.16. The molecule has 1 fully saturated rings. The molecule has 2 atom stereocenters. The third kappa shape index (κ3) is 3.76. The number of benzene rings is 1. The molecule has 3 heterocycles. The summed E-state index contributed by atoms with van der Waals surface area (Å²) in [5.74, 6) is 0. The van der Waals surface area contributed by atoms with Gasteiger partial charge in [-0.1, -0.05) is 30.3 Å². The first kappa shape index (κ1) is 16.7. The molecule has 25 heavy (non-hydrogen) atoms. The van der Waals surface area contributed by atoms with Crippen molar-refractivity contribution >= 4 is 0 Å². The lowest BCUT2D eigenvalue weighted by Crippen LogP contribution is -2.48. The van der Waals surface area contributed by atoms with Crippen LogP contribution >= 0.6 is 0 Å². The number of pyridine rings is 1. The lowest BCUT2D eigenvalue weighted by Gasteiger charge is -2.40. The number of fused-ring (bicyclic) bond motifs is 1. The minimum Gasteiger partial charge on any atom is -0.372 e. The number of piperazine rings is 1. The molecule has 4 nitrogen and oxygen atoms in total. The van der Waals surface area contributed by atoms with Gasteiger partial charge >= 0.3 is 0 Å². The molecule has 0 amide bonds. The minimum absolute atomic E-state index is 0.229. The summed E-state index contributed by atoms with van der Waals surface area (Å²) in [4.78, 5) is 9.37. The molecule has 4 heteroatoms. The second kappa shape index (κ2) is 7.65. The van der Waals surface area contributed by atoms with Crippen LogP contribution in [0.4, 0.5) is 0 Å². The Balaban J connectivity index is 1.34. The van der Waals surface area contributed by atoms with Crippen LogP contribution < -0.4 is 0 Å². The highest BCUT2D eigenvalue weighted by molar-refractivity contribution is 5.31. The molecule has 0 aliphatic carbocycles. The Labute approximate surface area is 150 Å². The zero-order valence-electron chi connectivity index (χ0n) is 15.0. The van der Waals surface area contributed by atoms with Crippen molar-refractivity contribution in [3.05, 3.63) is 65.5 Å². The Hall–Kier alpha value is -1.75. The summed E-state index contributed by atoms with van der Waals surface area (Å²) in [6.45, 7) is 8.55. The van der Waals surface area contributed by atoms with E-state index in [2.05, 4.69) is 52.0 Å². The standard InChI is InChI=1S/C21H27N3O/c1-17(19-6-4-9-22-15-19)24-12-10-23(11-13-24)16-21-20-7-3-2-5-18(20)8-14-25-21/h2-7,9,15,17,21H,8,10-14,16H2,1H3/t17-,21-/m0/s1. The molecule has 0 radical (unpaired) electrons. The van der Waals surface area contributed by atoms with Gasteiger partial charge in [-0.3, -0.25) is 14.8 Å². The fourth-order valence-electron chi connectivity index (χ4n) is 4.03. The largest absolute Gasteiger partial charge is 0.372 e. The van der Waals surface area contributed by atoms with E-state index in [4.69, 9.17) is 4.74 Å². The van der Waals surface area contributed by atoms with Gasteiger partial charge in [-0.15, -0.1) is 0 Å². The van der Waals surface area contributed by atoms with E-state index in [-0.39, 0.29) is 6.10 Å². The van der Waals surface area contributed by atoms with Gasteiger partial charge in [0.1, 0.15) is 0 Å². The zero-order valence-corrected chi connectivity index (χ0v) is 15.0. The SMILES string of the molecule is C[C@@H](c1cccnc1)N1CCN(C[C@@H]2OCCc3ccccc32)CC1. The number of hydrogen-bond acceptors (Lipinski definition) is 4. The van der Waals surface area contributed by atoms with Gasteiger partial charge in [-0.25, -0.2) is 0 Å². The van der Waals surface area contributed by atoms with E-state index >= 15 is 0 Å². The van der Waals surface area contributed by atoms with E-state index in [1.165, 1.54) is 16.7 Å². The van der Waals surface area contributed by atoms with Crippen LogP contribution in [0, 0.1) is 0 Å². The average Bonchev–Trinajstić information content (AvgIpc) is 2.69. The third-order valence-corrected chi connectivity index (χ3v) is 5.64. The predicted molar refractivity (Wildman–Crippen MR) is 99.5 cm³/mol. The van der Waals surface area contributed by atoms with Crippen LogP contribution in [-0.4, -0.2) is 54.1 Å². The molecule has 2 aromatic rings. The second-order valence-electron chi connectivity index (χ2n) is 7.11. The molecule has 0 bridgehead atoms. The molecular formula is C21H27N3O. The molecular weight excluding hydrogens is 310 g/mol. The second-order valence-corrected chi connectivity index (χ2v) is 7.11. The van der Waals surface area contributed by atoms with Gasteiger partial charge in [0.2, 0.25) is 0 Å². The van der Waals surface area contributed by atoms with E-state index in [0.717, 1.165) is 45.8 Å². The van der Waals surface area contributed by atoms with Crippen molar-refractivity contribution in [3.63, 3.8) is 0 Å². The Kier molecular flexibility index (Phi) is 5.11. The Bertz CT molecular complexity index is 683. The number of nitrogens with zero attached hydrogens (tertiary/aromatic N) is 3. The molecule has 1 aromatic carbocycles. The first-order valence-corrected chi connectivity index (χ1v) is 9.37. The number of ether oxygens (including phenoxy) is 1. The predicted octanol–water partition coefficient (Wildman–Crippen LogP) is 3.07. The molecule has 132 valence electrons. The summed E-state index contributed by atoms with van der Waals surface area (Å²) >= 11 is 0. The monoisotopic (exact) mass is 337 g/mol. The summed E-state index contributed by atoms with van der Waals surface area (Å²) in [5, 5.41) is 0. The Morgan fingerprint density at radius 3 is 2.76 bits per heavy atom. The smallest absolute Gasteiger partial charge is 0.0954 e. The molecule has 2 aliphatic heterocycles. The maximum Gasteiger partial charge on any atom is 0.0954 e. The van der Waals surface area contributed by atoms with Gasteiger partial charge in [0.05, 0.1) is 12.7 Å². The molecule has 0 unspecified atom stereocenters. The van der Waals surface area contributed by atoms with E-state index in [0.29, 0.717) is 6.04 Å². The molecule has 0 N–H and O–H groups in total. The summed E-state index contributed by atoms with van der Waals surface area (Å²) in [6.07, 6.45) is 5.11.